The van der Waals surface area contributed by atoms with E-state index >= 15 is 0 Å². The molecule has 0 saturated carbocycles. The van der Waals surface area contributed by atoms with Crippen molar-refractivity contribution in [3.8, 4) is 0 Å². The predicted octanol–water partition coefficient (Wildman–Crippen LogP) is 2.39. The van der Waals surface area contributed by atoms with Crippen LogP contribution in [0.5, 0.6) is 0 Å². The first kappa shape index (κ1) is 14.6. The summed E-state index contributed by atoms with van der Waals surface area (Å²) in [4.78, 5) is 11.4. The topological polar surface area (TPSA) is 67.2 Å². The molecule has 6 heteroatoms. The maximum atomic E-state index is 13.6. The molecule has 0 fully saturated rings. The second kappa shape index (κ2) is 6.44. The average Bonchev–Trinajstić information content (AvgIpc) is 2.27. The molecule has 0 aliphatic rings. The summed E-state index contributed by atoms with van der Waals surface area (Å²) in [6.07, 6.45) is 0.240. The van der Waals surface area contributed by atoms with Gasteiger partial charge in [-0.1, -0.05) is 11.6 Å². The number of carbonyl (C=O) groups excluding carboxylic acids is 1. The molecule has 0 bridgehead atoms. The summed E-state index contributed by atoms with van der Waals surface area (Å²) in [5, 5.41) is 5.52. The van der Waals surface area contributed by atoms with E-state index in [2.05, 4.69) is 10.6 Å². The Hall–Kier alpha value is -1.49. The lowest BCUT2D eigenvalue weighted by Gasteiger charge is -2.12. The van der Waals surface area contributed by atoms with Crippen molar-refractivity contribution in [3.63, 3.8) is 0 Å². The zero-order chi connectivity index (χ0) is 13.7. The minimum absolute atomic E-state index is 0.00154. The minimum Gasteiger partial charge on any atom is -0.397 e. The maximum Gasteiger partial charge on any atom is 0.221 e. The van der Waals surface area contributed by atoms with Crippen molar-refractivity contribution < 1.29 is 9.18 Å². The lowest BCUT2D eigenvalue weighted by molar-refractivity contribution is -0.121. The standard InChI is InChI=1S/C12H17ClFN3O/c1-7(2)17-10(18)5-6-16-12-9(15)4-3-8(13)11(12)14/h3-4,7,16H,5-6,15H2,1-2H3,(H,17,18). The van der Waals surface area contributed by atoms with Gasteiger partial charge < -0.3 is 16.4 Å². The van der Waals surface area contributed by atoms with Crippen molar-refractivity contribution in [2.75, 3.05) is 17.6 Å². The third kappa shape index (κ3) is 4.07. The van der Waals surface area contributed by atoms with Crippen LogP contribution in [-0.2, 0) is 4.79 Å². The van der Waals surface area contributed by atoms with E-state index in [0.717, 1.165) is 0 Å². The third-order valence-corrected chi connectivity index (χ3v) is 2.52. The minimum atomic E-state index is -0.596. The zero-order valence-corrected chi connectivity index (χ0v) is 11.1. The van der Waals surface area contributed by atoms with Gasteiger partial charge in [0.05, 0.1) is 16.4 Å². The molecule has 1 rings (SSSR count). The second-order valence-electron chi connectivity index (χ2n) is 4.22. The third-order valence-electron chi connectivity index (χ3n) is 2.23. The van der Waals surface area contributed by atoms with Crippen molar-refractivity contribution in [3.05, 3.63) is 23.0 Å². The van der Waals surface area contributed by atoms with E-state index < -0.39 is 5.82 Å². The van der Waals surface area contributed by atoms with Gasteiger partial charge in [-0.05, 0) is 26.0 Å². The molecule has 0 atom stereocenters. The van der Waals surface area contributed by atoms with Gasteiger partial charge in [0.25, 0.3) is 0 Å². The highest BCUT2D eigenvalue weighted by Crippen LogP contribution is 2.28. The Balaban J connectivity index is 2.54. The van der Waals surface area contributed by atoms with Gasteiger partial charge in [0.2, 0.25) is 5.91 Å². The van der Waals surface area contributed by atoms with Gasteiger partial charge in [-0.2, -0.15) is 0 Å². The summed E-state index contributed by atoms with van der Waals surface area (Å²) in [5.41, 5.74) is 6.03. The van der Waals surface area contributed by atoms with Crippen LogP contribution in [-0.4, -0.2) is 18.5 Å². The van der Waals surface area contributed by atoms with E-state index in [4.69, 9.17) is 17.3 Å². The highest BCUT2D eigenvalue weighted by molar-refractivity contribution is 6.31. The van der Waals surface area contributed by atoms with Crippen molar-refractivity contribution in [1.29, 1.82) is 0 Å². The molecule has 0 heterocycles. The number of halogens is 2. The predicted molar refractivity (Wildman–Crippen MR) is 72.2 cm³/mol. The number of nitrogens with one attached hydrogen (secondary N) is 2. The van der Waals surface area contributed by atoms with Crippen molar-refractivity contribution in [1.82, 2.24) is 5.32 Å². The molecular weight excluding hydrogens is 257 g/mol. The molecule has 0 aromatic heterocycles. The quantitative estimate of drug-likeness (QED) is 0.722. The Bertz CT molecular complexity index is 438. The van der Waals surface area contributed by atoms with Crippen LogP contribution in [0.15, 0.2) is 12.1 Å². The number of rotatable bonds is 5. The molecule has 0 aliphatic heterocycles. The number of hydrogen-bond acceptors (Lipinski definition) is 3. The van der Waals surface area contributed by atoms with Crippen LogP contribution in [0.4, 0.5) is 15.8 Å². The average molecular weight is 274 g/mol. The molecule has 1 amide bonds. The highest BCUT2D eigenvalue weighted by Gasteiger charge is 2.10. The van der Waals surface area contributed by atoms with Gasteiger partial charge in [-0.3, -0.25) is 4.79 Å². The molecule has 0 aliphatic carbocycles. The molecule has 1 aromatic rings. The van der Waals surface area contributed by atoms with Crippen molar-refractivity contribution in [2.24, 2.45) is 0 Å². The number of hydrogen-bond donors (Lipinski definition) is 3. The molecule has 0 unspecified atom stereocenters. The number of nitrogens with two attached hydrogens (primary N) is 1. The Kier molecular flexibility index (Phi) is 5.22. The monoisotopic (exact) mass is 273 g/mol. The Morgan fingerprint density at radius 1 is 1.50 bits per heavy atom. The van der Waals surface area contributed by atoms with E-state index in [9.17, 15) is 9.18 Å². The van der Waals surface area contributed by atoms with Crippen molar-refractivity contribution >= 4 is 28.9 Å². The fraction of sp³-hybridized carbons (Fsp3) is 0.417. The first-order chi connectivity index (χ1) is 8.41. The zero-order valence-electron chi connectivity index (χ0n) is 10.4. The summed E-state index contributed by atoms with van der Waals surface area (Å²) in [5.74, 6) is -0.695. The maximum absolute atomic E-state index is 13.6. The highest BCUT2D eigenvalue weighted by atomic mass is 35.5. The lowest BCUT2D eigenvalue weighted by Crippen LogP contribution is -2.31. The van der Waals surface area contributed by atoms with Crippen LogP contribution < -0.4 is 16.4 Å². The number of carbonyl (C=O) groups is 1. The summed E-state index contributed by atoms with van der Waals surface area (Å²) in [7, 11) is 0. The van der Waals surface area contributed by atoms with E-state index in [1.807, 2.05) is 13.8 Å². The van der Waals surface area contributed by atoms with Gasteiger partial charge in [0.15, 0.2) is 5.82 Å². The van der Waals surface area contributed by atoms with E-state index in [1.165, 1.54) is 12.1 Å². The van der Waals surface area contributed by atoms with Crippen LogP contribution >= 0.6 is 11.6 Å². The molecule has 0 spiro atoms. The van der Waals surface area contributed by atoms with Crippen LogP contribution in [0.25, 0.3) is 0 Å². The Morgan fingerprint density at radius 3 is 2.78 bits per heavy atom. The smallest absolute Gasteiger partial charge is 0.221 e. The van der Waals surface area contributed by atoms with Gasteiger partial charge in [0.1, 0.15) is 0 Å². The Morgan fingerprint density at radius 2 is 2.17 bits per heavy atom. The van der Waals surface area contributed by atoms with Crippen LogP contribution in [0.3, 0.4) is 0 Å². The fourth-order valence-corrected chi connectivity index (χ4v) is 1.60. The molecule has 18 heavy (non-hydrogen) atoms. The molecule has 4 nitrogen and oxygen atoms in total. The molecule has 4 N–H and O–H groups in total. The number of anilines is 2. The van der Waals surface area contributed by atoms with Crippen LogP contribution in [0.1, 0.15) is 20.3 Å². The van der Waals surface area contributed by atoms with Crippen molar-refractivity contribution in [2.45, 2.75) is 26.3 Å². The molecule has 100 valence electrons. The SMILES string of the molecule is CC(C)NC(=O)CCNc1c(N)ccc(Cl)c1F. The molecule has 0 saturated heterocycles. The lowest BCUT2D eigenvalue weighted by atomic mass is 10.2. The summed E-state index contributed by atoms with van der Waals surface area (Å²) in [6.45, 7) is 4.04. The van der Waals surface area contributed by atoms with Crippen LogP contribution in [0, 0.1) is 5.82 Å². The Labute approximate surface area is 111 Å². The van der Waals surface area contributed by atoms with E-state index in [-0.39, 0.29) is 34.8 Å². The number of amides is 1. The summed E-state index contributed by atoms with van der Waals surface area (Å²) in [6, 6.07) is 3.00. The molecular formula is C12H17ClFN3O. The van der Waals surface area contributed by atoms with Gasteiger partial charge >= 0.3 is 0 Å². The number of benzene rings is 1. The normalized spacial score (nSPS) is 10.5. The first-order valence-electron chi connectivity index (χ1n) is 5.68. The fourth-order valence-electron chi connectivity index (χ4n) is 1.44. The molecule has 0 radical (unpaired) electrons. The van der Waals surface area contributed by atoms with E-state index in [1.54, 1.807) is 0 Å². The molecule has 1 aromatic carbocycles. The summed E-state index contributed by atoms with van der Waals surface area (Å²) < 4.78 is 13.6. The van der Waals surface area contributed by atoms with Crippen LogP contribution in [0.2, 0.25) is 5.02 Å². The largest absolute Gasteiger partial charge is 0.397 e. The first-order valence-corrected chi connectivity index (χ1v) is 6.06. The van der Waals surface area contributed by atoms with Gasteiger partial charge in [-0.15, -0.1) is 0 Å². The second-order valence-corrected chi connectivity index (χ2v) is 4.63. The van der Waals surface area contributed by atoms with Gasteiger partial charge in [0, 0.05) is 19.0 Å². The van der Waals surface area contributed by atoms with Gasteiger partial charge in [-0.25, -0.2) is 4.39 Å². The number of nitrogen functional groups attached to an aromatic ring is 1. The van der Waals surface area contributed by atoms with E-state index in [0.29, 0.717) is 6.54 Å². The summed E-state index contributed by atoms with van der Waals surface area (Å²) >= 11 is 5.65.